The fraction of sp³-hybridized carbons (Fsp3) is 0.615. The molecule has 8 heteroatoms. The van der Waals surface area contributed by atoms with E-state index in [4.69, 9.17) is 9.26 Å². The van der Waals surface area contributed by atoms with E-state index in [1.54, 1.807) is 6.07 Å². The van der Waals surface area contributed by atoms with E-state index < -0.39 is 17.9 Å². The number of amides is 2. The van der Waals surface area contributed by atoms with Crippen LogP contribution in [0.15, 0.2) is 16.9 Å². The van der Waals surface area contributed by atoms with E-state index in [-0.39, 0.29) is 25.8 Å². The van der Waals surface area contributed by atoms with E-state index in [1.165, 1.54) is 11.2 Å². The monoisotopic (exact) mass is 297 g/mol. The molecule has 8 nitrogen and oxygen atoms in total. The molecule has 2 rings (SSSR count). The van der Waals surface area contributed by atoms with Gasteiger partial charge >= 0.3 is 12.0 Å². The number of ether oxygens (including phenoxy) is 1. The first kappa shape index (κ1) is 15.3. The second kappa shape index (κ2) is 7.07. The zero-order valence-corrected chi connectivity index (χ0v) is 11.8. The van der Waals surface area contributed by atoms with Gasteiger partial charge in [-0.15, -0.1) is 0 Å². The van der Waals surface area contributed by atoms with Gasteiger partial charge in [-0.3, -0.25) is 4.79 Å². The Balaban J connectivity index is 1.99. The van der Waals surface area contributed by atoms with Gasteiger partial charge in [0.05, 0.1) is 25.8 Å². The minimum absolute atomic E-state index is 0.136. The molecule has 21 heavy (non-hydrogen) atoms. The van der Waals surface area contributed by atoms with Crippen LogP contribution >= 0.6 is 0 Å². The predicted molar refractivity (Wildman–Crippen MR) is 71.5 cm³/mol. The maximum atomic E-state index is 12.3. The number of aliphatic carboxylic acids is 1. The van der Waals surface area contributed by atoms with Crippen molar-refractivity contribution in [2.75, 3.05) is 19.8 Å². The normalized spacial score (nSPS) is 21.2. The maximum Gasteiger partial charge on any atom is 0.318 e. The summed E-state index contributed by atoms with van der Waals surface area (Å²) in [5.74, 6) is -1.63. The fourth-order valence-electron chi connectivity index (χ4n) is 2.34. The number of aromatic nitrogens is 1. The van der Waals surface area contributed by atoms with Crippen LogP contribution in [-0.4, -0.2) is 53.0 Å². The molecule has 2 N–H and O–H groups in total. The first-order valence-corrected chi connectivity index (χ1v) is 6.87. The molecular formula is C13H19N3O5. The predicted octanol–water partition coefficient (Wildman–Crippen LogP) is 0.696. The molecule has 1 aliphatic rings. The summed E-state index contributed by atoms with van der Waals surface area (Å²) in [5, 5.41) is 15.6. The number of carboxylic acid groups (broad SMARTS) is 1. The number of hydrogen-bond acceptors (Lipinski definition) is 5. The van der Waals surface area contributed by atoms with Crippen molar-refractivity contribution in [3.63, 3.8) is 0 Å². The Labute approximate surface area is 122 Å². The maximum absolute atomic E-state index is 12.3. The molecular weight excluding hydrogens is 278 g/mol. The molecule has 2 unspecified atom stereocenters. The van der Waals surface area contributed by atoms with Gasteiger partial charge in [-0.2, -0.15) is 0 Å². The van der Waals surface area contributed by atoms with Crippen molar-refractivity contribution in [2.24, 2.45) is 5.92 Å². The molecule has 0 aliphatic carbocycles. The highest BCUT2D eigenvalue weighted by Gasteiger charge is 2.39. The van der Waals surface area contributed by atoms with Crippen molar-refractivity contribution >= 4 is 12.0 Å². The lowest BCUT2D eigenvalue weighted by Gasteiger charge is -2.30. The van der Waals surface area contributed by atoms with Gasteiger partial charge in [0.15, 0.2) is 0 Å². The van der Waals surface area contributed by atoms with Gasteiger partial charge < -0.3 is 24.6 Å². The summed E-state index contributed by atoms with van der Waals surface area (Å²) in [6, 6.07) is 0.893. The summed E-state index contributed by atoms with van der Waals surface area (Å²) in [5.41, 5.74) is 0.609. The van der Waals surface area contributed by atoms with Gasteiger partial charge in [0.1, 0.15) is 17.9 Å². The Morgan fingerprint density at radius 1 is 1.52 bits per heavy atom. The van der Waals surface area contributed by atoms with Crippen LogP contribution < -0.4 is 5.32 Å². The summed E-state index contributed by atoms with van der Waals surface area (Å²) in [6.45, 7) is 3.03. The van der Waals surface area contributed by atoms with E-state index in [0.29, 0.717) is 12.2 Å². The molecule has 1 aliphatic heterocycles. The topological polar surface area (TPSA) is 105 Å². The largest absolute Gasteiger partial charge is 0.481 e. The molecule has 1 aromatic rings. The molecule has 1 saturated heterocycles. The van der Waals surface area contributed by atoms with Crippen LogP contribution in [0, 0.1) is 5.92 Å². The lowest BCUT2D eigenvalue weighted by molar-refractivity contribution is -0.142. The molecule has 0 radical (unpaired) electrons. The zero-order valence-electron chi connectivity index (χ0n) is 11.8. The van der Waals surface area contributed by atoms with Crippen molar-refractivity contribution in [1.29, 1.82) is 0 Å². The number of carbonyl (C=O) groups excluding carboxylic acids is 1. The van der Waals surface area contributed by atoms with Crippen LogP contribution in [0.4, 0.5) is 4.79 Å². The van der Waals surface area contributed by atoms with E-state index >= 15 is 0 Å². The van der Waals surface area contributed by atoms with Gasteiger partial charge in [0, 0.05) is 12.6 Å². The third kappa shape index (κ3) is 3.72. The van der Waals surface area contributed by atoms with Crippen LogP contribution in [0.25, 0.3) is 0 Å². The Morgan fingerprint density at radius 3 is 2.95 bits per heavy atom. The minimum Gasteiger partial charge on any atom is -0.481 e. The summed E-state index contributed by atoms with van der Waals surface area (Å²) in [7, 11) is 0. The molecule has 0 saturated carbocycles. The van der Waals surface area contributed by atoms with E-state index in [9.17, 15) is 14.7 Å². The second-order valence-electron chi connectivity index (χ2n) is 4.89. The number of carbonyl (C=O) groups is 2. The van der Waals surface area contributed by atoms with Crippen molar-refractivity contribution in [3.05, 3.63) is 18.0 Å². The Hall–Kier alpha value is -2.09. The van der Waals surface area contributed by atoms with Gasteiger partial charge in [0.25, 0.3) is 0 Å². The average molecular weight is 297 g/mol. The summed E-state index contributed by atoms with van der Waals surface area (Å²) < 4.78 is 9.92. The molecule has 0 aromatic carbocycles. The SMILES string of the molecule is CCCN(C(=O)NCc1ccon1)C1COCC1C(=O)O. The highest BCUT2D eigenvalue weighted by molar-refractivity contribution is 5.77. The molecule has 0 spiro atoms. The highest BCUT2D eigenvalue weighted by atomic mass is 16.5. The minimum atomic E-state index is -0.942. The van der Waals surface area contributed by atoms with Crippen LogP contribution in [0.1, 0.15) is 19.0 Å². The number of hydrogen-bond donors (Lipinski definition) is 2. The zero-order chi connectivity index (χ0) is 15.2. The third-order valence-electron chi connectivity index (χ3n) is 3.41. The Kier molecular flexibility index (Phi) is 5.15. The smallest absolute Gasteiger partial charge is 0.318 e. The summed E-state index contributed by atoms with van der Waals surface area (Å²) >= 11 is 0. The van der Waals surface area contributed by atoms with Gasteiger partial charge in [-0.05, 0) is 6.42 Å². The quantitative estimate of drug-likeness (QED) is 0.800. The van der Waals surface area contributed by atoms with Crippen molar-refractivity contribution in [1.82, 2.24) is 15.4 Å². The van der Waals surface area contributed by atoms with Crippen LogP contribution in [0.2, 0.25) is 0 Å². The van der Waals surface area contributed by atoms with Crippen molar-refractivity contribution < 1.29 is 24.0 Å². The molecule has 1 aromatic heterocycles. The molecule has 116 valence electrons. The molecule has 2 amide bonds. The van der Waals surface area contributed by atoms with E-state index in [2.05, 4.69) is 10.5 Å². The first-order chi connectivity index (χ1) is 10.1. The number of urea groups is 1. The third-order valence-corrected chi connectivity index (χ3v) is 3.41. The Bertz CT molecular complexity index is 476. The van der Waals surface area contributed by atoms with E-state index in [0.717, 1.165) is 6.42 Å². The highest BCUT2D eigenvalue weighted by Crippen LogP contribution is 2.20. The number of carboxylic acids is 1. The van der Waals surface area contributed by atoms with Crippen LogP contribution in [0.5, 0.6) is 0 Å². The molecule has 0 bridgehead atoms. The summed E-state index contributed by atoms with van der Waals surface area (Å²) in [6.07, 6.45) is 2.16. The van der Waals surface area contributed by atoms with Crippen LogP contribution in [-0.2, 0) is 16.1 Å². The summed E-state index contributed by atoms with van der Waals surface area (Å²) in [4.78, 5) is 25.1. The number of rotatable bonds is 6. The second-order valence-corrected chi connectivity index (χ2v) is 4.89. The molecule has 2 atom stereocenters. The standard InChI is InChI=1S/C13H19N3O5/c1-2-4-16(11-8-20-7-10(11)12(17)18)13(19)14-6-9-3-5-21-15-9/h3,5,10-11H,2,4,6-8H2,1H3,(H,14,19)(H,17,18). The lowest BCUT2D eigenvalue weighted by Crippen LogP contribution is -2.50. The lowest BCUT2D eigenvalue weighted by atomic mass is 10.0. The van der Waals surface area contributed by atoms with Gasteiger partial charge in [-0.1, -0.05) is 12.1 Å². The van der Waals surface area contributed by atoms with Crippen molar-refractivity contribution in [3.8, 4) is 0 Å². The first-order valence-electron chi connectivity index (χ1n) is 6.87. The van der Waals surface area contributed by atoms with Gasteiger partial charge in [-0.25, -0.2) is 4.79 Å². The van der Waals surface area contributed by atoms with Gasteiger partial charge in [0.2, 0.25) is 0 Å². The number of nitrogens with one attached hydrogen (secondary N) is 1. The van der Waals surface area contributed by atoms with Crippen molar-refractivity contribution in [2.45, 2.75) is 25.9 Å². The number of nitrogens with zero attached hydrogens (tertiary/aromatic N) is 2. The fourth-order valence-corrected chi connectivity index (χ4v) is 2.34. The van der Waals surface area contributed by atoms with Crippen LogP contribution in [0.3, 0.4) is 0 Å². The van der Waals surface area contributed by atoms with E-state index in [1.807, 2.05) is 6.92 Å². The molecule has 1 fully saturated rings. The molecule has 2 heterocycles. The average Bonchev–Trinajstić information content (AvgIpc) is 3.12. The Morgan fingerprint density at radius 2 is 2.33 bits per heavy atom.